The molecule has 5 nitrogen and oxygen atoms in total. The molecule has 1 aromatic carbocycles. The normalized spacial score (nSPS) is 20.0. The third-order valence-corrected chi connectivity index (χ3v) is 3.53. The van der Waals surface area contributed by atoms with E-state index in [4.69, 9.17) is 15.2 Å². The molecule has 0 radical (unpaired) electrons. The highest BCUT2D eigenvalue weighted by molar-refractivity contribution is 5.95. The van der Waals surface area contributed by atoms with E-state index in [0.717, 1.165) is 13.0 Å². The molecule has 104 valence electrons. The van der Waals surface area contributed by atoms with Gasteiger partial charge in [-0.3, -0.25) is 4.79 Å². The van der Waals surface area contributed by atoms with Crippen molar-refractivity contribution >= 4 is 11.6 Å². The summed E-state index contributed by atoms with van der Waals surface area (Å²) in [6.45, 7) is 3.50. The number of amides is 1. The Morgan fingerprint density at radius 2 is 2.37 bits per heavy atom. The first-order valence-corrected chi connectivity index (χ1v) is 6.44. The van der Waals surface area contributed by atoms with Gasteiger partial charge in [-0.05, 0) is 31.5 Å². The van der Waals surface area contributed by atoms with Gasteiger partial charge in [-0.25, -0.2) is 0 Å². The summed E-state index contributed by atoms with van der Waals surface area (Å²) in [5.41, 5.74) is 6.80. The molecular weight excluding hydrogens is 244 g/mol. The van der Waals surface area contributed by atoms with E-state index in [1.165, 1.54) is 7.11 Å². The average Bonchev–Trinajstić information content (AvgIpc) is 2.93. The quantitative estimate of drug-likeness (QED) is 0.807. The van der Waals surface area contributed by atoms with Gasteiger partial charge in [-0.15, -0.1) is 0 Å². The van der Waals surface area contributed by atoms with Gasteiger partial charge in [0.05, 0.1) is 19.4 Å². The highest BCUT2D eigenvalue weighted by Gasteiger charge is 2.24. The van der Waals surface area contributed by atoms with Crippen LogP contribution in [0.5, 0.6) is 5.75 Å². The second-order valence-electron chi connectivity index (χ2n) is 4.84. The zero-order chi connectivity index (χ0) is 13.8. The Morgan fingerprint density at radius 3 is 3.00 bits per heavy atom. The van der Waals surface area contributed by atoms with Crippen LogP contribution in [0.2, 0.25) is 0 Å². The van der Waals surface area contributed by atoms with Crippen molar-refractivity contribution in [2.45, 2.75) is 19.4 Å². The van der Waals surface area contributed by atoms with Crippen LogP contribution >= 0.6 is 0 Å². The Kier molecular flexibility index (Phi) is 4.27. The minimum Gasteiger partial charge on any atom is -0.495 e. The number of hydrogen-bond donors (Lipinski definition) is 2. The highest BCUT2D eigenvalue weighted by atomic mass is 16.5. The van der Waals surface area contributed by atoms with Gasteiger partial charge in [0.1, 0.15) is 5.75 Å². The Balaban J connectivity index is 2.02. The van der Waals surface area contributed by atoms with E-state index >= 15 is 0 Å². The molecule has 19 heavy (non-hydrogen) atoms. The topological polar surface area (TPSA) is 73.6 Å². The van der Waals surface area contributed by atoms with E-state index in [-0.39, 0.29) is 11.9 Å². The first-order valence-electron chi connectivity index (χ1n) is 6.44. The molecule has 1 aliphatic heterocycles. The molecule has 0 aromatic heterocycles. The van der Waals surface area contributed by atoms with Crippen LogP contribution in [0.1, 0.15) is 23.7 Å². The maximum Gasteiger partial charge on any atom is 0.251 e. The lowest BCUT2D eigenvalue weighted by Crippen LogP contribution is -2.38. The van der Waals surface area contributed by atoms with Crippen molar-refractivity contribution in [3.8, 4) is 5.75 Å². The largest absolute Gasteiger partial charge is 0.495 e. The predicted octanol–water partition coefficient (Wildman–Crippen LogP) is 1.43. The van der Waals surface area contributed by atoms with Gasteiger partial charge in [-0.1, -0.05) is 0 Å². The number of carbonyl (C=O) groups is 1. The highest BCUT2D eigenvalue weighted by Crippen LogP contribution is 2.22. The molecule has 0 aliphatic carbocycles. The van der Waals surface area contributed by atoms with E-state index < -0.39 is 0 Å². The maximum absolute atomic E-state index is 12.1. The van der Waals surface area contributed by atoms with E-state index in [0.29, 0.717) is 29.5 Å². The number of rotatable bonds is 4. The monoisotopic (exact) mass is 264 g/mol. The van der Waals surface area contributed by atoms with Gasteiger partial charge >= 0.3 is 0 Å². The lowest BCUT2D eigenvalue weighted by molar-refractivity contribution is 0.0922. The molecule has 1 aliphatic rings. The lowest BCUT2D eigenvalue weighted by atomic mass is 10.0. The van der Waals surface area contributed by atoms with Crippen LogP contribution in [0.25, 0.3) is 0 Å². The van der Waals surface area contributed by atoms with Gasteiger partial charge in [0.2, 0.25) is 0 Å². The maximum atomic E-state index is 12.1. The standard InChI is InChI=1S/C14H20N2O3/c1-9(11-5-6-19-8-11)16-14(17)10-3-4-12(15)13(7-10)18-2/h3-4,7,9,11H,5-6,8,15H2,1-2H3,(H,16,17). The smallest absolute Gasteiger partial charge is 0.251 e. The number of nitrogens with two attached hydrogens (primary N) is 1. The van der Waals surface area contributed by atoms with Gasteiger partial charge < -0.3 is 20.5 Å². The third kappa shape index (κ3) is 3.17. The van der Waals surface area contributed by atoms with E-state index in [1.807, 2.05) is 6.92 Å². The Bertz CT molecular complexity index is 456. The lowest BCUT2D eigenvalue weighted by Gasteiger charge is -2.19. The van der Waals surface area contributed by atoms with Gasteiger partial charge in [-0.2, -0.15) is 0 Å². The number of nitrogens with one attached hydrogen (secondary N) is 1. The molecule has 0 bridgehead atoms. The SMILES string of the molecule is COc1cc(C(=O)NC(C)C2CCOC2)ccc1N. The molecule has 3 N–H and O–H groups in total. The zero-order valence-electron chi connectivity index (χ0n) is 11.3. The van der Waals surface area contributed by atoms with Crippen LogP contribution in [0.15, 0.2) is 18.2 Å². The number of hydrogen-bond acceptors (Lipinski definition) is 4. The molecule has 1 fully saturated rings. The second kappa shape index (κ2) is 5.93. The summed E-state index contributed by atoms with van der Waals surface area (Å²) in [5, 5.41) is 2.99. The first kappa shape index (κ1) is 13.7. The fourth-order valence-electron chi connectivity index (χ4n) is 2.21. The molecule has 2 atom stereocenters. The number of carbonyl (C=O) groups excluding carboxylic acids is 1. The van der Waals surface area contributed by atoms with Crippen LogP contribution < -0.4 is 15.8 Å². The van der Waals surface area contributed by atoms with Crippen molar-refractivity contribution in [1.82, 2.24) is 5.32 Å². The molecule has 2 unspecified atom stereocenters. The minimum atomic E-state index is -0.113. The summed E-state index contributed by atoms with van der Waals surface area (Å²) in [4.78, 5) is 12.1. The average molecular weight is 264 g/mol. The van der Waals surface area contributed by atoms with Crippen LogP contribution in [0.3, 0.4) is 0 Å². The van der Waals surface area contributed by atoms with Gasteiger partial charge in [0.25, 0.3) is 5.91 Å². The molecule has 1 amide bonds. The van der Waals surface area contributed by atoms with E-state index in [1.54, 1.807) is 18.2 Å². The van der Waals surface area contributed by atoms with Crippen LogP contribution in [0.4, 0.5) is 5.69 Å². The number of benzene rings is 1. The number of ether oxygens (including phenoxy) is 2. The molecule has 2 rings (SSSR count). The summed E-state index contributed by atoms with van der Waals surface area (Å²) in [5.74, 6) is 0.793. The molecule has 0 spiro atoms. The fourth-order valence-corrected chi connectivity index (χ4v) is 2.21. The van der Waals surface area contributed by atoms with Gasteiger partial charge in [0.15, 0.2) is 0 Å². The van der Waals surface area contributed by atoms with Crippen molar-refractivity contribution in [1.29, 1.82) is 0 Å². The predicted molar refractivity (Wildman–Crippen MR) is 73.3 cm³/mol. The summed E-state index contributed by atoms with van der Waals surface area (Å²) < 4.78 is 10.4. The van der Waals surface area contributed by atoms with Crippen molar-refractivity contribution in [3.05, 3.63) is 23.8 Å². The molecule has 1 saturated heterocycles. The van der Waals surface area contributed by atoms with Crippen molar-refractivity contribution in [2.24, 2.45) is 5.92 Å². The van der Waals surface area contributed by atoms with Crippen LogP contribution in [-0.2, 0) is 4.74 Å². The number of methoxy groups -OCH3 is 1. The van der Waals surface area contributed by atoms with Crippen LogP contribution in [0, 0.1) is 5.92 Å². The van der Waals surface area contributed by atoms with Crippen molar-refractivity contribution in [3.63, 3.8) is 0 Å². The molecule has 1 heterocycles. The van der Waals surface area contributed by atoms with E-state index in [2.05, 4.69) is 5.32 Å². The van der Waals surface area contributed by atoms with Crippen LogP contribution in [-0.4, -0.2) is 32.3 Å². The zero-order valence-corrected chi connectivity index (χ0v) is 11.3. The molecular formula is C14H20N2O3. The van der Waals surface area contributed by atoms with Crippen molar-refractivity contribution in [2.75, 3.05) is 26.1 Å². The minimum absolute atomic E-state index is 0.0959. The number of anilines is 1. The van der Waals surface area contributed by atoms with Gasteiger partial charge in [0, 0.05) is 24.1 Å². The molecule has 0 saturated carbocycles. The molecule has 1 aromatic rings. The van der Waals surface area contributed by atoms with Crippen molar-refractivity contribution < 1.29 is 14.3 Å². The second-order valence-corrected chi connectivity index (χ2v) is 4.84. The Hall–Kier alpha value is -1.75. The first-order chi connectivity index (χ1) is 9.11. The van der Waals surface area contributed by atoms with E-state index in [9.17, 15) is 4.79 Å². The third-order valence-electron chi connectivity index (χ3n) is 3.53. The summed E-state index contributed by atoms with van der Waals surface area (Å²) in [7, 11) is 1.53. The number of nitrogen functional groups attached to an aromatic ring is 1. The molecule has 5 heteroatoms. The fraction of sp³-hybridized carbons (Fsp3) is 0.500. The summed E-state index contributed by atoms with van der Waals surface area (Å²) in [6, 6.07) is 5.13. The summed E-state index contributed by atoms with van der Waals surface area (Å²) in [6.07, 6.45) is 0.993. The summed E-state index contributed by atoms with van der Waals surface area (Å²) >= 11 is 0. The Labute approximate surface area is 113 Å². The Morgan fingerprint density at radius 1 is 1.58 bits per heavy atom.